The summed E-state index contributed by atoms with van der Waals surface area (Å²) < 4.78 is 28.7. The second-order valence-electron chi connectivity index (χ2n) is 8.09. The molecule has 1 aliphatic rings. The Hall–Kier alpha value is -3.97. The molecule has 0 aliphatic carbocycles. The minimum atomic E-state index is -0.223. The van der Waals surface area contributed by atoms with Gasteiger partial charge >= 0.3 is 0 Å². The maximum atomic E-state index is 13.3. The van der Waals surface area contributed by atoms with Crippen molar-refractivity contribution in [3.63, 3.8) is 0 Å². The van der Waals surface area contributed by atoms with Gasteiger partial charge in [0.2, 0.25) is 11.2 Å². The number of aryl methyl sites for hydroxylation is 1. The van der Waals surface area contributed by atoms with Crippen LogP contribution in [-0.4, -0.2) is 25.9 Å². The third-order valence-electron chi connectivity index (χ3n) is 5.89. The van der Waals surface area contributed by atoms with Crippen molar-refractivity contribution in [2.45, 2.75) is 20.0 Å². The topological polar surface area (TPSA) is 70.4 Å². The lowest BCUT2D eigenvalue weighted by Crippen LogP contribution is -2.32. The Morgan fingerprint density at radius 1 is 0.941 bits per heavy atom. The zero-order chi connectivity index (χ0) is 23.7. The van der Waals surface area contributed by atoms with Crippen LogP contribution in [0.3, 0.4) is 0 Å². The average molecular weight is 459 g/mol. The van der Waals surface area contributed by atoms with E-state index in [0.717, 1.165) is 22.6 Å². The third kappa shape index (κ3) is 4.06. The van der Waals surface area contributed by atoms with Gasteiger partial charge in [-0.2, -0.15) is 0 Å². The molecule has 2 heterocycles. The van der Waals surface area contributed by atoms with Crippen LogP contribution in [0.25, 0.3) is 11.0 Å². The van der Waals surface area contributed by atoms with Gasteiger partial charge in [0.25, 0.3) is 0 Å². The van der Waals surface area contributed by atoms with Crippen LogP contribution >= 0.6 is 0 Å². The van der Waals surface area contributed by atoms with Gasteiger partial charge in [0.15, 0.2) is 0 Å². The highest BCUT2D eigenvalue weighted by Crippen LogP contribution is 2.35. The summed E-state index contributed by atoms with van der Waals surface area (Å²) in [5.41, 5.74) is 2.20. The number of hydrogen-bond donors (Lipinski definition) is 0. The van der Waals surface area contributed by atoms with Crippen molar-refractivity contribution >= 4 is 11.0 Å². The standard InChI is InChI=1S/C27H25NO6/c1-17-26(34-20-10-8-19(30-2)9-11-20)25(29)21-12-13-24-22(27(21)33-17)15-28(16-32-24)14-18-6-4-5-7-23(18)31-3/h4-13H,14-16H2,1-3H3. The molecule has 0 radical (unpaired) electrons. The fourth-order valence-electron chi connectivity index (χ4n) is 4.16. The van der Waals surface area contributed by atoms with Crippen LogP contribution in [0.1, 0.15) is 16.9 Å². The predicted molar refractivity (Wildman–Crippen MR) is 128 cm³/mol. The molecule has 0 spiro atoms. The highest BCUT2D eigenvalue weighted by Gasteiger charge is 2.24. The number of rotatable bonds is 6. The largest absolute Gasteiger partial charge is 0.497 e. The monoisotopic (exact) mass is 459 g/mol. The maximum absolute atomic E-state index is 13.3. The van der Waals surface area contributed by atoms with E-state index >= 15 is 0 Å². The Bertz CT molecular complexity index is 1390. The number of hydrogen-bond acceptors (Lipinski definition) is 7. The first kappa shape index (κ1) is 21.9. The number of benzene rings is 3. The molecule has 174 valence electrons. The van der Waals surface area contributed by atoms with E-state index in [4.69, 9.17) is 23.4 Å². The summed E-state index contributed by atoms with van der Waals surface area (Å²) >= 11 is 0. The summed E-state index contributed by atoms with van der Waals surface area (Å²) in [7, 11) is 3.26. The maximum Gasteiger partial charge on any atom is 0.235 e. The molecule has 0 saturated heterocycles. The molecule has 7 nitrogen and oxygen atoms in total. The molecule has 0 unspecified atom stereocenters. The summed E-state index contributed by atoms with van der Waals surface area (Å²) in [5, 5.41) is 0.454. The van der Waals surface area contributed by atoms with Crippen molar-refractivity contribution in [2.24, 2.45) is 0 Å². The number of ether oxygens (including phenoxy) is 4. The van der Waals surface area contributed by atoms with Gasteiger partial charge in [-0.15, -0.1) is 0 Å². The van der Waals surface area contributed by atoms with Crippen molar-refractivity contribution in [1.82, 2.24) is 4.90 Å². The molecule has 0 bridgehead atoms. The Morgan fingerprint density at radius 2 is 1.71 bits per heavy atom. The smallest absolute Gasteiger partial charge is 0.235 e. The number of fused-ring (bicyclic) bond motifs is 3. The quantitative estimate of drug-likeness (QED) is 0.389. The lowest BCUT2D eigenvalue weighted by Gasteiger charge is -2.29. The first-order valence-electron chi connectivity index (χ1n) is 11.0. The van der Waals surface area contributed by atoms with Crippen LogP contribution in [-0.2, 0) is 13.1 Å². The molecular weight excluding hydrogens is 434 g/mol. The SMILES string of the molecule is COc1ccc(Oc2c(C)oc3c4c(ccc3c2=O)OCN(Cc2ccccc2OC)C4)cc1. The van der Waals surface area contributed by atoms with Crippen molar-refractivity contribution in [3.05, 3.63) is 87.8 Å². The van der Waals surface area contributed by atoms with Gasteiger partial charge in [-0.25, -0.2) is 0 Å². The van der Waals surface area contributed by atoms with Crippen LogP contribution in [0, 0.1) is 6.92 Å². The average Bonchev–Trinajstić information content (AvgIpc) is 2.87. The van der Waals surface area contributed by atoms with E-state index in [-0.39, 0.29) is 11.2 Å². The second-order valence-corrected chi connectivity index (χ2v) is 8.09. The number of methoxy groups -OCH3 is 2. The van der Waals surface area contributed by atoms with Crippen LogP contribution in [0.15, 0.2) is 69.9 Å². The molecule has 1 aliphatic heterocycles. The second kappa shape index (κ2) is 9.11. The predicted octanol–water partition coefficient (Wildman–Crippen LogP) is 5.26. The molecule has 0 atom stereocenters. The zero-order valence-corrected chi connectivity index (χ0v) is 19.3. The minimum absolute atomic E-state index is 0.167. The number of para-hydroxylation sites is 1. The fraction of sp³-hybridized carbons (Fsp3) is 0.222. The molecule has 0 saturated carbocycles. The normalized spacial score (nSPS) is 13.3. The Balaban J connectivity index is 1.48. The number of nitrogens with zero attached hydrogens (tertiary/aromatic N) is 1. The molecule has 4 aromatic rings. The van der Waals surface area contributed by atoms with Gasteiger partial charge in [0.1, 0.15) is 41.1 Å². The van der Waals surface area contributed by atoms with Gasteiger partial charge in [-0.3, -0.25) is 9.69 Å². The van der Waals surface area contributed by atoms with Crippen molar-refractivity contribution in [3.8, 4) is 28.7 Å². The van der Waals surface area contributed by atoms with Crippen LogP contribution in [0.4, 0.5) is 0 Å². The van der Waals surface area contributed by atoms with E-state index in [0.29, 0.717) is 48.0 Å². The zero-order valence-electron chi connectivity index (χ0n) is 19.3. The highest BCUT2D eigenvalue weighted by atomic mass is 16.5. The molecular formula is C27H25NO6. The molecule has 1 aromatic heterocycles. The van der Waals surface area contributed by atoms with E-state index in [1.54, 1.807) is 51.5 Å². The molecule has 0 amide bonds. The highest BCUT2D eigenvalue weighted by molar-refractivity contribution is 5.83. The van der Waals surface area contributed by atoms with Crippen molar-refractivity contribution < 1.29 is 23.4 Å². The first-order chi connectivity index (χ1) is 16.6. The molecule has 0 fully saturated rings. The van der Waals surface area contributed by atoms with E-state index < -0.39 is 0 Å². The Kier molecular flexibility index (Phi) is 5.86. The summed E-state index contributed by atoms with van der Waals surface area (Å²) in [6.07, 6.45) is 0. The summed E-state index contributed by atoms with van der Waals surface area (Å²) in [6.45, 7) is 3.38. The lowest BCUT2D eigenvalue weighted by atomic mass is 10.1. The summed E-state index contributed by atoms with van der Waals surface area (Å²) in [6, 6.07) is 18.5. The Labute approximate surface area is 197 Å². The molecule has 34 heavy (non-hydrogen) atoms. The van der Waals surface area contributed by atoms with Gasteiger partial charge in [0.05, 0.1) is 25.2 Å². The van der Waals surface area contributed by atoms with E-state index in [2.05, 4.69) is 4.90 Å². The van der Waals surface area contributed by atoms with Gasteiger partial charge in [0, 0.05) is 18.7 Å². The van der Waals surface area contributed by atoms with Crippen molar-refractivity contribution in [2.75, 3.05) is 21.0 Å². The van der Waals surface area contributed by atoms with E-state index in [1.165, 1.54) is 0 Å². The molecule has 3 aromatic carbocycles. The molecule has 5 rings (SSSR count). The van der Waals surface area contributed by atoms with Crippen LogP contribution in [0.2, 0.25) is 0 Å². The van der Waals surface area contributed by atoms with Crippen molar-refractivity contribution in [1.29, 1.82) is 0 Å². The fourth-order valence-corrected chi connectivity index (χ4v) is 4.16. The molecule has 7 heteroatoms. The van der Waals surface area contributed by atoms with E-state index in [1.807, 2.05) is 30.3 Å². The minimum Gasteiger partial charge on any atom is -0.497 e. The third-order valence-corrected chi connectivity index (χ3v) is 5.89. The van der Waals surface area contributed by atoms with Gasteiger partial charge < -0.3 is 23.4 Å². The Morgan fingerprint density at radius 3 is 2.47 bits per heavy atom. The lowest BCUT2D eigenvalue weighted by molar-refractivity contribution is 0.0882. The van der Waals surface area contributed by atoms with Gasteiger partial charge in [-0.1, -0.05) is 18.2 Å². The summed E-state index contributed by atoms with van der Waals surface area (Å²) in [5.74, 6) is 3.35. The van der Waals surface area contributed by atoms with Crippen LogP contribution in [0.5, 0.6) is 28.7 Å². The first-order valence-corrected chi connectivity index (χ1v) is 11.0. The van der Waals surface area contributed by atoms with Crippen LogP contribution < -0.4 is 24.4 Å². The van der Waals surface area contributed by atoms with Gasteiger partial charge in [-0.05, 0) is 49.4 Å². The van der Waals surface area contributed by atoms with E-state index in [9.17, 15) is 4.79 Å². The molecule has 0 N–H and O–H groups in total. The summed E-state index contributed by atoms with van der Waals surface area (Å²) in [4.78, 5) is 15.5.